The number of hydrogen-bond acceptors (Lipinski definition) is 4. The average Bonchev–Trinajstić information content (AvgIpc) is 2.55. The van der Waals surface area contributed by atoms with Gasteiger partial charge in [0.2, 0.25) is 5.88 Å². The van der Waals surface area contributed by atoms with Gasteiger partial charge in [0.25, 0.3) is 5.91 Å². The molecule has 1 heterocycles. The molecule has 1 N–H and O–H groups in total. The Bertz CT molecular complexity index is 654. The third-order valence-corrected chi connectivity index (χ3v) is 4.30. The zero-order valence-corrected chi connectivity index (χ0v) is 12.8. The van der Waals surface area contributed by atoms with Crippen molar-refractivity contribution in [3.05, 3.63) is 30.6 Å². The minimum absolute atomic E-state index is 0.00969. The van der Waals surface area contributed by atoms with E-state index in [4.69, 9.17) is 4.74 Å². The highest BCUT2D eigenvalue weighted by molar-refractivity contribution is 5.84. The van der Waals surface area contributed by atoms with Crippen LogP contribution in [0.3, 0.4) is 0 Å². The normalized spacial score (nSPS) is 21.5. The molecular weight excluding hydrogens is 278 g/mol. The number of para-hydroxylation sites is 1. The molecule has 0 bridgehead atoms. The fraction of sp³-hybridized carbons (Fsp3) is 0.471. The van der Waals surface area contributed by atoms with E-state index in [1.54, 1.807) is 0 Å². The average molecular weight is 299 g/mol. The second-order valence-corrected chi connectivity index (χ2v) is 5.92. The molecule has 2 atom stereocenters. The Morgan fingerprint density at radius 1 is 1.27 bits per heavy atom. The number of hydrogen-bond donors (Lipinski definition) is 1. The first-order valence-corrected chi connectivity index (χ1v) is 7.86. The third-order valence-electron chi connectivity index (χ3n) is 4.30. The Morgan fingerprint density at radius 3 is 2.95 bits per heavy atom. The first kappa shape index (κ1) is 14.8. The van der Waals surface area contributed by atoms with Crippen molar-refractivity contribution in [2.75, 3.05) is 6.61 Å². The lowest BCUT2D eigenvalue weighted by molar-refractivity contribution is -0.124. The maximum Gasteiger partial charge on any atom is 0.258 e. The predicted molar refractivity (Wildman–Crippen MR) is 84.6 cm³/mol. The number of aromatic nitrogens is 2. The van der Waals surface area contributed by atoms with Crippen LogP contribution in [0.1, 0.15) is 32.6 Å². The van der Waals surface area contributed by atoms with Crippen molar-refractivity contribution in [2.24, 2.45) is 5.92 Å². The van der Waals surface area contributed by atoms with Gasteiger partial charge in [-0.2, -0.15) is 0 Å². The topological polar surface area (TPSA) is 64.1 Å². The second kappa shape index (κ2) is 6.73. The first-order valence-electron chi connectivity index (χ1n) is 7.86. The van der Waals surface area contributed by atoms with Crippen LogP contribution in [0.25, 0.3) is 10.9 Å². The van der Waals surface area contributed by atoms with Gasteiger partial charge < -0.3 is 10.1 Å². The molecule has 22 heavy (non-hydrogen) atoms. The summed E-state index contributed by atoms with van der Waals surface area (Å²) < 4.78 is 5.59. The Labute approximate surface area is 130 Å². The van der Waals surface area contributed by atoms with Crippen LogP contribution in [-0.2, 0) is 4.79 Å². The van der Waals surface area contributed by atoms with Crippen LogP contribution < -0.4 is 10.1 Å². The van der Waals surface area contributed by atoms with Gasteiger partial charge in [-0.15, -0.1) is 0 Å². The van der Waals surface area contributed by atoms with E-state index in [9.17, 15) is 4.79 Å². The number of rotatable bonds is 4. The number of ether oxygens (including phenoxy) is 1. The smallest absolute Gasteiger partial charge is 0.258 e. The highest BCUT2D eigenvalue weighted by Gasteiger charge is 2.22. The van der Waals surface area contributed by atoms with Gasteiger partial charge in [-0.05, 0) is 30.9 Å². The molecule has 1 saturated carbocycles. The Kier molecular flexibility index (Phi) is 4.51. The lowest BCUT2D eigenvalue weighted by Gasteiger charge is -2.29. The molecule has 2 unspecified atom stereocenters. The molecule has 1 aromatic heterocycles. The van der Waals surface area contributed by atoms with E-state index in [1.807, 2.05) is 24.3 Å². The van der Waals surface area contributed by atoms with Crippen LogP contribution in [0.5, 0.6) is 5.88 Å². The summed E-state index contributed by atoms with van der Waals surface area (Å²) in [5.41, 5.74) is 0.814. The van der Waals surface area contributed by atoms with Crippen LogP contribution in [0.2, 0.25) is 0 Å². The minimum atomic E-state index is -0.0820. The van der Waals surface area contributed by atoms with Gasteiger partial charge in [-0.3, -0.25) is 4.79 Å². The summed E-state index contributed by atoms with van der Waals surface area (Å²) >= 11 is 0. The molecule has 2 aromatic rings. The summed E-state index contributed by atoms with van der Waals surface area (Å²) in [6, 6.07) is 7.88. The van der Waals surface area contributed by atoms with Gasteiger partial charge >= 0.3 is 0 Å². The maximum atomic E-state index is 12.1. The molecule has 1 aliphatic carbocycles. The maximum absolute atomic E-state index is 12.1. The summed E-state index contributed by atoms with van der Waals surface area (Å²) in [5, 5.41) is 3.90. The van der Waals surface area contributed by atoms with E-state index in [0.29, 0.717) is 11.8 Å². The van der Waals surface area contributed by atoms with Crippen LogP contribution in [0, 0.1) is 5.92 Å². The van der Waals surface area contributed by atoms with Crippen LogP contribution in [0.4, 0.5) is 0 Å². The van der Waals surface area contributed by atoms with Crippen molar-refractivity contribution in [1.29, 1.82) is 0 Å². The van der Waals surface area contributed by atoms with E-state index in [0.717, 1.165) is 17.3 Å². The zero-order valence-electron chi connectivity index (χ0n) is 12.8. The van der Waals surface area contributed by atoms with E-state index >= 15 is 0 Å². The third kappa shape index (κ3) is 3.35. The Morgan fingerprint density at radius 2 is 2.09 bits per heavy atom. The molecule has 3 rings (SSSR count). The van der Waals surface area contributed by atoms with E-state index in [2.05, 4.69) is 22.2 Å². The van der Waals surface area contributed by atoms with Crippen LogP contribution >= 0.6 is 0 Å². The monoisotopic (exact) mass is 299 g/mol. The van der Waals surface area contributed by atoms with Crippen molar-refractivity contribution in [3.63, 3.8) is 0 Å². The van der Waals surface area contributed by atoms with Crippen molar-refractivity contribution in [1.82, 2.24) is 15.3 Å². The van der Waals surface area contributed by atoms with Crippen molar-refractivity contribution in [3.8, 4) is 5.88 Å². The summed E-state index contributed by atoms with van der Waals surface area (Å²) in [7, 11) is 0. The fourth-order valence-electron chi connectivity index (χ4n) is 3.01. The van der Waals surface area contributed by atoms with E-state index < -0.39 is 0 Å². The highest BCUT2D eigenvalue weighted by Crippen LogP contribution is 2.24. The standard InChI is InChI=1S/C17H21N3O2/c1-12-6-2-4-8-14(12)20-16(21)10-22-17-13-7-3-5-9-15(13)18-11-19-17/h3,5,7,9,11-12,14H,2,4,6,8,10H2,1H3,(H,20,21). The fourth-order valence-corrected chi connectivity index (χ4v) is 3.01. The molecule has 1 fully saturated rings. The van der Waals surface area contributed by atoms with Gasteiger partial charge in [-0.25, -0.2) is 9.97 Å². The molecule has 0 saturated heterocycles. The predicted octanol–water partition coefficient (Wildman–Crippen LogP) is 2.70. The van der Waals surface area contributed by atoms with Gasteiger partial charge in [0, 0.05) is 6.04 Å². The van der Waals surface area contributed by atoms with Crippen LogP contribution in [-0.4, -0.2) is 28.5 Å². The number of amides is 1. The van der Waals surface area contributed by atoms with Crippen molar-refractivity contribution in [2.45, 2.75) is 38.6 Å². The quantitative estimate of drug-likeness (QED) is 0.942. The number of carbonyl (C=O) groups excluding carboxylic acids is 1. The van der Waals surface area contributed by atoms with Gasteiger partial charge in [0.05, 0.1) is 10.9 Å². The highest BCUT2D eigenvalue weighted by atomic mass is 16.5. The second-order valence-electron chi connectivity index (χ2n) is 5.92. The Balaban J connectivity index is 1.60. The molecule has 116 valence electrons. The number of benzene rings is 1. The number of fused-ring (bicyclic) bond motifs is 1. The van der Waals surface area contributed by atoms with Crippen molar-refractivity contribution < 1.29 is 9.53 Å². The number of nitrogens with one attached hydrogen (secondary N) is 1. The summed E-state index contributed by atoms with van der Waals surface area (Å²) in [6.07, 6.45) is 6.15. The molecule has 0 spiro atoms. The molecule has 1 amide bonds. The molecule has 0 aliphatic heterocycles. The van der Waals surface area contributed by atoms with Gasteiger partial charge in [0.15, 0.2) is 6.61 Å². The molecule has 1 aliphatic rings. The van der Waals surface area contributed by atoms with Crippen molar-refractivity contribution >= 4 is 16.8 Å². The summed E-state index contributed by atoms with van der Waals surface area (Å²) in [4.78, 5) is 20.4. The molecular formula is C17H21N3O2. The Hall–Kier alpha value is -2.17. The summed E-state index contributed by atoms with van der Waals surface area (Å²) in [5.74, 6) is 0.913. The largest absolute Gasteiger partial charge is 0.467 e. The lowest BCUT2D eigenvalue weighted by atomic mass is 9.86. The number of carbonyl (C=O) groups is 1. The number of nitrogens with zero attached hydrogens (tertiary/aromatic N) is 2. The SMILES string of the molecule is CC1CCCCC1NC(=O)COc1ncnc2ccccc12. The zero-order chi connectivity index (χ0) is 15.4. The van der Waals surface area contributed by atoms with Crippen LogP contribution in [0.15, 0.2) is 30.6 Å². The lowest BCUT2D eigenvalue weighted by Crippen LogP contribution is -2.43. The molecule has 5 heteroatoms. The van der Waals surface area contributed by atoms with Gasteiger partial charge in [0.1, 0.15) is 6.33 Å². The molecule has 1 aromatic carbocycles. The molecule has 0 radical (unpaired) electrons. The first-order chi connectivity index (χ1) is 10.7. The van der Waals surface area contributed by atoms with E-state index in [1.165, 1.54) is 25.6 Å². The summed E-state index contributed by atoms with van der Waals surface area (Å²) in [6.45, 7) is 2.19. The van der Waals surface area contributed by atoms with Gasteiger partial charge in [-0.1, -0.05) is 31.9 Å². The minimum Gasteiger partial charge on any atom is -0.467 e. The molecule has 5 nitrogen and oxygen atoms in total. The van der Waals surface area contributed by atoms with E-state index in [-0.39, 0.29) is 18.6 Å².